The summed E-state index contributed by atoms with van der Waals surface area (Å²) in [6, 6.07) is 3.49. The number of hydrogen-bond acceptors (Lipinski definition) is 3. The lowest BCUT2D eigenvalue weighted by molar-refractivity contribution is -0.117. The number of hydrogen-bond donors (Lipinski definition) is 2. The van der Waals surface area contributed by atoms with E-state index in [1.54, 1.807) is 0 Å². The zero-order chi connectivity index (χ0) is 15.2. The van der Waals surface area contributed by atoms with Crippen LogP contribution < -0.4 is 5.32 Å². The summed E-state index contributed by atoms with van der Waals surface area (Å²) in [6.45, 7) is 0.742. The van der Waals surface area contributed by atoms with E-state index in [0.29, 0.717) is 12.8 Å². The number of anilines is 1. The predicted molar refractivity (Wildman–Crippen MR) is 74.8 cm³/mol. The fourth-order valence-electron chi connectivity index (χ4n) is 2.32. The normalized spacial score (nSPS) is 18.2. The van der Waals surface area contributed by atoms with Gasteiger partial charge in [-0.3, -0.25) is 4.79 Å². The fourth-order valence-corrected chi connectivity index (χ4v) is 2.32. The summed E-state index contributed by atoms with van der Waals surface area (Å²) in [7, 11) is 0. The molecule has 1 saturated heterocycles. The van der Waals surface area contributed by atoms with Crippen LogP contribution in [0.5, 0.6) is 0 Å². The second-order valence-corrected chi connectivity index (χ2v) is 5.08. The van der Waals surface area contributed by atoms with Gasteiger partial charge in [0.05, 0.1) is 11.7 Å². The fraction of sp³-hybridized carbons (Fsp3) is 0.467. The number of carboxylic acid groups (broad SMARTS) is 1. The summed E-state index contributed by atoms with van der Waals surface area (Å²) in [4.78, 5) is 22.6. The molecule has 1 aliphatic rings. The molecule has 2 N–H and O–H groups in total. The van der Waals surface area contributed by atoms with Crippen molar-refractivity contribution in [2.75, 3.05) is 11.9 Å². The lowest BCUT2D eigenvalue weighted by atomic mass is 10.0. The molecule has 21 heavy (non-hydrogen) atoms. The molecular formula is C15H18FNO4. The molecule has 1 aromatic rings. The summed E-state index contributed by atoms with van der Waals surface area (Å²) in [5, 5.41) is 11.4. The molecule has 1 fully saturated rings. The highest BCUT2D eigenvalue weighted by Crippen LogP contribution is 2.18. The number of benzene rings is 1. The molecule has 0 bridgehead atoms. The molecule has 1 unspecified atom stereocenters. The maximum absolute atomic E-state index is 13.2. The molecule has 1 aromatic carbocycles. The van der Waals surface area contributed by atoms with Crippen molar-refractivity contribution in [3.05, 3.63) is 29.6 Å². The molecule has 2 rings (SSSR count). The van der Waals surface area contributed by atoms with Gasteiger partial charge < -0.3 is 15.2 Å². The van der Waals surface area contributed by atoms with Gasteiger partial charge in [0, 0.05) is 18.7 Å². The average molecular weight is 295 g/mol. The Morgan fingerprint density at radius 3 is 2.86 bits per heavy atom. The topological polar surface area (TPSA) is 75.6 Å². The van der Waals surface area contributed by atoms with Crippen molar-refractivity contribution in [2.24, 2.45) is 0 Å². The Morgan fingerprint density at radius 1 is 1.38 bits per heavy atom. The van der Waals surface area contributed by atoms with Crippen LogP contribution in [0.3, 0.4) is 0 Å². The maximum atomic E-state index is 13.2. The van der Waals surface area contributed by atoms with Crippen molar-refractivity contribution >= 4 is 17.6 Å². The molecule has 0 radical (unpaired) electrons. The highest BCUT2D eigenvalue weighted by atomic mass is 19.1. The first kappa shape index (κ1) is 15.4. The molecule has 0 saturated carbocycles. The molecular weight excluding hydrogens is 277 g/mol. The van der Waals surface area contributed by atoms with Crippen LogP contribution in [0.4, 0.5) is 10.1 Å². The Morgan fingerprint density at radius 2 is 2.19 bits per heavy atom. The highest BCUT2D eigenvalue weighted by Gasteiger charge is 2.16. The molecule has 1 amide bonds. The van der Waals surface area contributed by atoms with Gasteiger partial charge in [-0.2, -0.15) is 0 Å². The third-order valence-electron chi connectivity index (χ3n) is 3.45. The minimum Gasteiger partial charge on any atom is -0.478 e. The van der Waals surface area contributed by atoms with Crippen LogP contribution >= 0.6 is 0 Å². The Labute approximate surface area is 122 Å². The molecule has 6 heteroatoms. The number of amides is 1. The third-order valence-corrected chi connectivity index (χ3v) is 3.45. The zero-order valence-corrected chi connectivity index (χ0v) is 11.6. The number of ether oxygens (including phenoxy) is 1. The summed E-state index contributed by atoms with van der Waals surface area (Å²) in [6.07, 6.45) is 4.20. The van der Waals surface area contributed by atoms with Gasteiger partial charge in [-0.1, -0.05) is 0 Å². The molecule has 1 heterocycles. The first-order valence-corrected chi connectivity index (χ1v) is 7.00. The molecule has 0 spiro atoms. The van der Waals surface area contributed by atoms with Crippen LogP contribution in [-0.2, 0) is 9.53 Å². The van der Waals surface area contributed by atoms with Crippen LogP contribution in [0.15, 0.2) is 18.2 Å². The van der Waals surface area contributed by atoms with Crippen molar-refractivity contribution in [3.63, 3.8) is 0 Å². The first-order valence-electron chi connectivity index (χ1n) is 7.00. The van der Waals surface area contributed by atoms with E-state index < -0.39 is 17.3 Å². The van der Waals surface area contributed by atoms with E-state index in [2.05, 4.69) is 5.32 Å². The number of nitrogens with one attached hydrogen (secondary N) is 1. The van der Waals surface area contributed by atoms with Crippen LogP contribution in [0.2, 0.25) is 0 Å². The minimum absolute atomic E-state index is 0.118. The van der Waals surface area contributed by atoms with E-state index >= 15 is 0 Å². The molecule has 114 valence electrons. The molecule has 1 atom stereocenters. The molecule has 0 aliphatic carbocycles. The quantitative estimate of drug-likeness (QED) is 0.876. The number of halogens is 1. The number of carbonyl (C=O) groups is 2. The van der Waals surface area contributed by atoms with Crippen LogP contribution in [0, 0.1) is 5.82 Å². The largest absolute Gasteiger partial charge is 0.478 e. The van der Waals surface area contributed by atoms with Crippen molar-refractivity contribution < 1.29 is 23.8 Å². The van der Waals surface area contributed by atoms with Crippen LogP contribution in [-0.4, -0.2) is 29.7 Å². The van der Waals surface area contributed by atoms with Gasteiger partial charge in [0.1, 0.15) is 5.82 Å². The van der Waals surface area contributed by atoms with Crippen molar-refractivity contribution in [1.29, 1.82) is 0 Å². The van der Waals surface area contributed by atoms with E-state index in [9.17, 15) is 14.0 Å². The van der Waals surface area contributed by atoms with E-state index in [4.69, 9.17) is 9.84 Å². The summed E-state index contributed by atoms with van der Waals surface area (Å²) in [5.74, 6) is -2.41. The zero-order valence-electron chi connectivity index (χ0n) is 11.6. The summed E-state index contributed by atoms with van der Waals surface area (Å²) < 4.78 is 18.8. The summed E-state index contributed by atoms with van der Waals surface area (Å²) >= 11 is 0. The van der Waals surface area contributed by atoms with Gasteiger partial charge in [-0.15, -0.1) is 0 Å². The Bertz CT molecular complexity index is 526. The van der Waals surface area contributed by atoms with Gasteiger partial charge >= 0.3 is 5.97 Å². The number of carbonyl (C=O) groups excluding carboxylic acids is 1. The monoisotopic (exact) mass is 295 g/mol. The highest BCUT2D eigenvalue weighted by molar-refractivity contribution is 5.94. The lowest BCUT2D eigenvalue weighted by Gasteiger charge is -2.22. The summed E-state index contributed by atoms with van der Waals surface area (Å²) in [5.41, 5.74) is -0.174. The van der Waals surface area contributed by atoms with E-state index in [1.807, 2.05) is 0 Å². The second-order valence-electron chi connectivity index (χ2n) is 5.08. The van der Waals surface area contributed by atoms with Crippen molar-refractivity contribution in [2.45, 2.75) is 38.2 Å². The van der Waals surface area contributed by atoms with Gasteiger partial charge in [0.15, 0.2) is 0 Å². The van der Waals surface area contributed by atoms with Crippen molar-refractivity contribution in [3.8, 4) is 0 Å². The van der Waals surface area contributed by atoms with Gasteiger partial charge in [-0.05, 0) is 43.9 Å². The smallest absolute Gasteiger partial charge is 0.338 e. The van der Waals surface area contributed by atoms with Crippen LogP contribution in [0.1, 0.15) is 42.5 Å². The van der Waals surface area contributed by atoms with E-state index in [0.717, 1.165) is 38.0 Å². The number of rotatable bonds is 5. The van der Waals surface area contributed by atoms with Gasteiger partial charge in [-0.25, -0.2) is 9.18 Å². The van der Waals surface area contributed by atoms with E-state index in [1.165, 1.54) is 6.07 Å². The first-order chi connectivity index (χ1) is 10.1. The molecule has 0 aromatic heterocycles. The SMILES string of the molecule is O=C(CCC1CCCCO1)Nc1ccc(F)c(C(=O)O)c1. The van der Waals surface area contributed by atoms with E-state index in [-0.39, 0.29) is 17.7 Å². The average Bonchev–Trinajstić information content (AvgIpc) is 2.48. The standard InChI is InChI=1S/C15H18FNO4/c16-13-6-4-10(9-12(13)15(19)20)17-14(18)7-5-11-3-1-2-8-21-11/h4,6,9,11H,1-3,5,7-8H2,(H,17,18)(H,19,20). The number of aromatic carboxylic acids is 1. The Balaban J connectivity index is 1.87. The maximum Gasteiger partial charge on any atom is 0.338 e. The molecule has 1 aliphatic heterocycles. The predicted octanol–water partition coefficient (Wildman–Crippen LogP) is 2.81. The Kier molecular flexibility index (Phi) is 5.27. The minimum atomic E-state index is -1.36. The Hall–Kier alpha value is -1.95. The lowest BCUT2D eigenvalue weighted by Crippen LogP contribution is -2.21. The molecule has 5 nitrogen and oxygen atoms in total. The van der Waals surface area contributed by atoms with Gasteiger partial charge in [0.25, 0.3) is 0 Å². The van der Waals surface area contributed by atoms with Crippen LogP contribution in [0.25, 0.3) is 0 Å². The second kappa shape index (κ2) is 7.17. The number of carboxylic acids is 1. The third kappa shape index (κ3) is 4.53. The van der Waals surface area contributed by atoms with Crippen molar-refractivity contribution in [1.82, 2.24) is 0 Å². The van der Waals surface area contributed by atoms with Gasteiger partial charge in [0.2, 0.25) is 5.91 Å².